The summed E-state index contributed by atoms with van der Waals surface area (Å²) in [6.45, 7) is 6.19. The zero-order chi connectivity index (χ0) is 13.9. The van der Waals surface area contributed by atoms with Crippen LogP contribution >= 0.6 is 15.9 Å². The van der Waals surface area contributed by atoms with Gasteiger partial charge >= 0.3 is 0 Å². The van der Waals surface area contributed by atoms with Crippen molar-refractivity contribution < 1.29 is 8.78 Å². The van der Waals surface area contributed by atoms with Crippen molar-refractivity contribution >= 4 is 15.9 Å². The number of hydrogen-bond donors (Lipinski definition) is 1. The van der Waals surface area contributed by atoms with E-state index >= 15 is 0 Å². The fourth-order valence-electron chi connectivity index (χ4n) is 2.20. The largest absolute Gasteiger partial charge is 0.317 e. The van der Waals surface area contributed by atoms with Crippen molar-refractivity contribution in [3.8, 4) is 0 Å². The van der Waals surface area contributed by atoms with Gasteiger partial charge in [0.05, 0.1) is 4.47 Å². The molecule has 0 saturated carbocycles. The second kappa shape index (κ2) is 6.62. The predicted molar refractivity (Wildman–Crippen MR) is 74.6 cm³/mol. The molecule has 0 radical (unpaired) electrons. The molecule has 102 valence electrons. The fraction of sp³-hybridized carbons (Fsp3) is 0.571. The first kappa shape index (κ1) is 15.6. The quantitative estimate of drug-likeness (QED) is 0.804. The van der Waals surface area contributed by atoms with E-state index < -0.39 is 11.6 Å². The maximum absolute atomic E-state index is 13.9. The van der Waals surface area contributed by atoms with Crippen LogP contribution in [-0.2, 0) is 6.42 Å². The Balaban J connectivity index is 3.04. The standard InChI is InChI=1S/C14H20BrF2N/c1-8(2)10(9(3)18-4)7-11-13(16)6-5-12(15)14(11)17/h5-6,8-10,18H,7H2,1-4H3. The van der Waals surface area contributed by atoms with Crippen molar-refractivity contribution in [2.45, 2.75) is 33.2 Å². The van der Waals surface area contributed by atoms with Crippen LogP contribution in [0.25, 0.3) is 0 Å². The molecule has 0 heterocycles. The molecule has 1 aromatic rings. The maximum Gasteiger partial charge on any atom is 0.143 e. The van der Waals surface area contributed by atoms with Crippen LogP contribution in [0.5, 0.6) is 0 Å². The summed E-state index contributed by atoms with van der Waals surface area (Å²) in [5.41, 5.74) is 0.171. The Hall–Kier alpha value is -0.480. The van der Waals surface area contributed by atoms with E-state index in [0.29, 0.717) is 16.8 Å². The molecular weight excluding hydrogens is 300 g/mol. The lowest BCUT2D eigenvalue weighted by atomic mass is 9.84. The molecule has 4 heteroatoms. The Morgan fingerprint density at radius 3 is 2.33 bits per heavy atom. The summed E-state index contributed by atoms with van der Waals surface area (Å²) in [7, 11) is 1.87. The number of benzene rings is 1. The molecule has 0 aromatic heterocycles. The summed E-state index contributed by atoms with van der Waals surface area (Å²) in [4.78, 5) is 0. The van der Waals surface area contributed by atoms with Crippen LogP contribution in [-0.4, -0.2) is 13.1 Å². The molecular formula is C14H20BrF2N. The molecule has 0 bridgehead atoms. The zero-order valence-electron chi connectivity index (χ0n) is 11.2. The molecule has 0 amide bonds. The Bertz CT molecular complexity index is 407. The van der Waals surface area contributed by atoms with Crippen molar-refractivity contribution in [1.29, 1.82) is 0 Å². The minimum Gasteiger partial charge on any atom is -0.317 e. The molecule has 0 saturated heterocycles. The summed E-state index contributed by atoms with van der Waals surface area (Å²) in [6, 6.07) is 2.92. The van der Waals surface area contributed by atoms with E-state index in [0.717, 1.165) is 0 Å². The molecule has 1 aromatic carbocycles. The van der Waals surface area contributed by atoms with Crippen LogP contribution in [0.1, 0.15) is 26.3 Å². The third kappa shape index (κ3) is 3.51. The third-order valence-corrected chi connectivity index (χ3v) is 4.15. The number of halogens is 3. The highest BCUT2D eigenvalue weighted by Crippen LogP contribution is 2.27. The summed E-state index contributed by atoms with van der Waals surface area (Å²) >= 11 is 3.10. The van der Waals surface area contributed by atoms with Gasteiger partial charge in [0.25, 0.3) is 0 Å². The van der Waals surface area contributed by atoms with Gasteiger partial charge in [-0.3, -0.25) is 0 Å². The summed E-state index contributed by atoms with van der Waals surface area (Å²) in [5, 5.41) is 3.16. The van der Waals surface area contributed by atoms with Gasteiger partial charge in [-0.2, -0.15) is 0 Å². The Labute approximate surface area is 116 Å². The monoisotopic (exact) mass is 319 g/mol. The minimum atomic E-state index is -0.482. The van der Waals surface area contributed by atoms with E-state index in [1.807, 2.05) is 14.0 Å². The van der Waals surface area contributed by atoms with Gasteiger partial charge in [0.2, 0.25) is 0 Å². The molecule has 0 aliphatic heterocycles. The van der Waals surface area contributed by atoms with Gasteiger partial charge < -0.3 is 5.32 Å². The topological polar surface area (TPSA) is 12.0 Å². The van der Waals surface area contributed by atoms with E-state index in [-0.39, 0.29) is 17.5 Å². The van der Waals surface area contributed by atoms with Crippen molar-refractivity contribution in [3.63, 3.8) is 0 Å². The van der Waals surface area contributed by atoms with Gasteiger partial charge in [-0.15, -0.1) is 0 Å². The average Bonchev–Trinajstić information content (AvgIpc) is 2.33. The van der Waals surface area contributed by atoms with Crippen LogP contribution in [0.4, 0.5) is 8.78 Å². The van der Waals surface area contributed by atoms with Gasteiger partial charge in [-0.05, 0) is 60.3 Å². The Morgan fingerprint density at radius 2 is 1.83 bits per heavy atom. The van der Waals surface area contributed by atoms with Gasteiger partial charge in [-0.1, -0.05) is 13.8 Å². The maximum atomic E-state index is 13.9. The molecule has 2 atom stereocenters. The van der Waals surface area contributed by atoms with Crippen LogP contribution in [0.2, 0.25) is 0 Å². The highest BCUT2D eigenvalue weighted by Gasteiger charge is 2.24. The van der Waals surface area contributed by atoms with Crippen molar-refractivity contribution in [2.24, 2.45) is 11.8 Å². The second-order valence-corrected chi connectivity index (χ2v) is 5.87. The Morgan fingerprint density at radius 1 is 1.22 bits per heavy atom. The van der Waals surface area contributed by atoms with E-state index in [4.69, 9.17) is 0 Å². The number of hydrogen-bond acceptors (Lipinski definition) is 1. The summed E-state index contributed by atoms with van der Waals surface area (Å²) in [6.07, 6.45) is 0.400. The molecule has 0 spiro atoms. The first-order chi connectivity index (χ1) is 8.38. The Kier molecular flexibility index (Phi) is 5.73. The lowest BCUT2D eigenvalue weighted by Gasteiger charge is -2.27. The van der Waals surface area contributed by atoms with Crippen LogP contribution < -0.4 is 5.32 Å². The molecule has 0 aliphatic rings. The first-order valence-electron chi connectivity index (χ1n) is 6.18. The highest BCUT2D eigenvalue weighted by atomic mass is 79.9. The van der Waals surface area contributed by atoms with E-state index in [9.17, 15) is 8.78 Å². The number of nitrogens with one attached hydrogen (secondary N) is 1. The molecule has 1 N–H and O–H groups in total. The molecule has 1 rings (SSSR count). The lowest BCUT2D eigenvalue weighted by molar-refractivity contribution is 0.294. The van der Waals surface area contributed by atoms with Crippen molar-refractivity contribution in [1.82, 2.24) is 5.32 Å². The van der Waals surface area contributed by atoms with Crippen LogP contribution in [0.15, 0.2) is 16.6 Å². The molecule has 18 heavy (non-hydrogen) atoms. The molecule has 0 fully saturated rings. The van der Waals surface area contributed by atoms with Crippen LogP contribution in [0, 0.1) is 23.5 Å². The second-order valence-electron chi connectivity index (χ2n) is 5.01. The highest BCUT2D eigenvalue weighted by molar-refractivity contribution is 9.10. The van der Waals surface area contributed by atoms with Gasteiger partial charge in [0.15, 0.2) is 0 Å². The van der Waals surface area contributed by atoms with E-state index in [1.54, 1.807) is 0 Å². The molecule has 1 nitrogen and oxygen atoms in total. The molecule has 0 aliphatic carbocycles. The average molecular weight is 320 g/mol. The van der Waals surface area contributed by atoms with Gasteiger partial charge in [-0.25, -0.2) is 8.78 Å². The van der Waals surface area contributed by atoms with Crippen molar-refractivity contribution in [3.05, 3.63) is 33.8 Å². The molecule has 2 unspecified atom stereocenters. The normalized spacial score (nSPS) is 14.9. The van der Waals surface area contributed by atoms with E-state index in [1.165, 1.54) is 12.1 Å². The van der Waals surface area contributed by atoms with Crippen LogP contribution in [0.3, 0.4) is 0 Å². The third-order valence-electron chi connectivity index (χ3n) is 3.53. The summed E-state index contributed by atoms with van der Waals surface area (Å²) in [5.74, 6) is -0.410. The van der Waals surface area contributed by atoms with E-state index in [2.05, 4.69) is 35.1 Å². The van der Waals surface area contributed by atoms with Gasteiger partial charge in [0, 0.05) is 11.6 Å². The first-order valence-corrected chi connectivity index (χ1v) is 6.97. The van der Waals surface area contributed by atoms with Gasteiger partial charge in [0.1, 0.15) is 11.6 Å². The fourth-order valence-corrected chi connectivity index (χ4v) is 2.57. The predicted octanol–water partition coefficient (Wildman–Crippen LogP) is 4.15. The number of rotatable bonds is 5. The lowest BCUT2D eigenvalue weighted by Crippen LogP contribution is -2.35. The summed E-state index contributed by atoms with van der Waals surface area (Å²) < 4.78 is 28.0. The zero-order valence-corrected chi connectivity index (χ0v) is 12.8. The van der Waals surface area contributed by atoms with Crippen molar-refractivity contribution in [2.75, 3.05) is 7.05 Å². The smallest absolute Gasteiger partial charge is 0.143 e. The SMILES string of the molecule is CNC(C)C(Cc1c(F)ccc(Br)c1F)C(C)C. The minimum absolute atomic E-state index is 0.171.